The number of hydrogen-bond donors (Lipinski definition) is 2. The molecule has 0 saturated carbocycles. The van der Waals surface area contributed by atoms with E-state index in [0.29, 0.717) is 22.0 Å². The Bertz CT molecular complexity index is 1290. The predicted molar refractivity (Wildman–Crippen MR) is 127 cm³/mol. The minimum Gasteiger partial charge on any atom is -0.348 e. The lowest BCUT2D eigenvalue weighted by Gasteiger charge is -2.10. The van der Waals surface area contributed by atoms with E-state index in [1.165, 1.54) is 42.1 Å². The summed E-state index contributed by atoms with van der Waals surface area (Å²) in [6, 6.07) is 18.7. The Morgan fingerprint density at radius 3 is 2.41 bits per heavy atom. The molecule has 4 rings (SSSR count). The zero-order valence-corrected chi connectivity index (χ0v) is 18.7. The third-order valence-corrected chi connectivity index (χ3v) is 5.84. The van der Waals surface area contributed by atoms with E-state index in [-0.39, 0.29) is 35.7 Å². The molecule has 2 amide bonds. The van der Waals surface area contributed by atoms with Gasteiger partial charge in [-0.2, -0.15) is 0 Å². The first-order valence-electron chi connectivity index (χ1n) is 10.3. The van der Waals surface area contributed by atoms with E-state index in [2.05, 4.69) is 15.6 Å². The second-order valence-corrected chi connectivity index (χ2v) is 8.19. The number of benzene rings is 3. The number of carbonyl (C=O) groups is 2. The molecule has 0 unspecified atom stereocenters. The van der Waals surface area contributed by atoms with Crippen LogP contribution in [0, 0.1) is 11.6 Å². The summed E-state index contributed by atoms with van der Waals surface area (Å²) in [6.07, 6.45) is 3.38. The molecule has 0 fully saturated rings. The quantitative estimate of drug-likeness (QED) is 0.357. The maximum atomic E-state index is 13.7. The number of anilines is 1. The highest BCUT2D eigenvalue weighted by Crippen LogP contribution is 2.21. The second-order valence-electron chi connectivity index (χ2n) is 7.24. The maximum absolute atomic E-state index is 13.7. The molecular weight excluding hydrogens is 458 g/mol. The van der Waals surface area contributed by atoms with Gasteiger partial charge < -0.3 is 10.6 Å². The summed E-state index contributed by atoms with van der Waals surface area (Å²) in [6.45, 7) is 0.0928. The summed E-state index contributed by atoms with van der Waals surface area (Å²) < 4.78 is 28.5. The molecule has 0 atom stereocenters. The van der Waals surface area contributed by atoms with E-state index in [1.807, 2.05) is 0 Å². The van der Waals surface area contributed by atoms with Crippen molar-refractivity contribution in [1.82, 2.24) is 14.9 Å². The smallest absolute Gasteiger partial charge is 0.251 e. The van der Waals surface area contributed by atoms with Crippen LogP contribution < -0.4 is 10.6 Å². The van der Waals surface area contributed by atoms with Crippen molar-refractivity contribution in [2.24, 2.45) is 0 Å². The van der Waals surface area contributed by atoms with Crippen molar-refractivity contribution in [3.63, 3.8) is 0 Å². The van der Waals surface area contributed by atoms with Crippen LogP contribution in [0.2, 0.25) is 0 Å². The SMILES string of the molecule is O=C(CSc1nccn1-c1ccc(C(=O)NCc2ccccc2F)cc1)Nc1ccc(F)cc1. The Hall–Kier alpha value is -3.98. The summed E-state index contributed by atoms with van der Waals surface area (Å²) in [5.74, 6) is -1.18. The Labute approximate surface area is 199 Å². The monoisotopic (exact) mass is 478 g/mol. The van der Waals surface area contributed by atoms with Crippen LogP contribution in [0.4, 0.5) is 14.5 Å². The highest BCUT2D eigenvalue weighted by Gasteiger charge is 2.11. The van der Waals surface area contributed by atoms with Crippen molar-refractivity contribution in [1.29, 1.82) is 0 Å². The lowest BCUT2D eigenvalue weighted by molar-refractivity contribution is -0.113. The lowest BCUT2D eigenvalue weighted by atomic mass is 10.1. The van der Waals surface area contributed by atoms with Crippen LogP contribution in [0.15, 0.2) is 90.3 Å². The Morgan fingerprint density at radius 2 is 1.68 bits per heavy atom. The van der Waals surface area contributed by atoms with Crippen molar-refractivity contribution < 1.29 is 18.4 Å². The van der Waals surface area contributed by atoms with Crippen molar-refractivity contribution in [3.8, 4) is 5.69 Å². The van der Waals surface area contributed by atoms with Gasteiger partial charge >= 0.3 is 0 Å². The molecule has 2 N–H and O–H groups in total. The molecule has 0 spiro atoms. The number of imidazole rings is 1. The van der Waals surface area contributed by atoms with Crippen LogP contribution in [-0.2, 0) is 11.3 Å². The van der Waals surface area contributed by atoms with Crippen molar-refractivity contribution in [2.75, 3.05) is 11.1 Å². The number of amides is 2. The minimum atomic E-state index is -0.372. The predicted octanol–water partition coefficient (Wildman–Crippen LogP) is 4.81. The van der Waals surface area contributed by atoms with E-state index in [1.54, 1.807) is 59.4 Å². The minimum absolute atomic E-state index is 0.0928. The molecule has 0 radical (unpaired) electrons. The van der Waals surface area contributed by atoms with Crippen LogP contribution in [-0.4, -0.2) is 27.1 Å². The van der Waals surface area contributed by atoms with E-state index in [9.17, 15) is 18.4 Å². The molecular formula is C25H20F2N4O2S. The first-order chi connectivity index (χ1) is 16.5. The number of hydrogen-bond acceptors (Lipinski definition) is 4. The van der Waals surface area contributed by atoms with Gasteiger partial charge in [-0.15, -0.1) is 0 Å². The molecule has 0 aliphatic heterocycles. The van der Waals surface area contributed by atoms with Crippen LogP contribution in [0.5, 0.6) is 0 Å². The summed E-state index contributed by atoms with van der Waals surface area (Å²) in [4.78, 5) is 28.9. The zero-order chi connectivity index (χ0) is 23.9. The molecule has 1 heterocycles. The van der Waals surface area contributed by atoms with E-state index in [4.69, 9.17) is 0 Å². The van der Waals surface area contributed by atoms with Crippen LogP contribution in [0.1, 0.15) is 15.9 Å². The molecule has 0 bridgehead atoms. The summed E-state index contributed by atoms with van der Waals surface area (Å²) >= 11 is 1.25. The fourth-order valence-corrected chi connectivity index (χ4v) is 3.92. The van der Waals surface area contributed by atoms with Gasteiger partial charge in [-0.05, 0) is 54.6 Å². The van der Waals surface area contributed by atoms with Gasteiger partial charge in [0.2, 0.25) is 5.91 Å². The molecule has 9 heteroatoms. The van der Waals surface area contributed by atoms with Crippen molar-refractivity contribution in [2.45, 2.75) is 11.7 Å². The Kier molecular flexibility index (Phi) is 7.34. The van der Waals surface area contributed by atoms with Crippen LogP contribution in [0.3, 0.4) is 0 Å². The highest BCUT2D eigenvalue weighted by atomic mass is 32.2. The van der Waals surface area contributed by atoms with Crippen LogP contribution >= 0.6 is 11.8 Å². The first kappa shape index (κ1) is 23.2. The van der Waals surface area contributed by atoms with Gasteiger partial charge in [0.05, 0.1) is 5.75 Å². The number of nitrogens with zero attached hydrogens (tertiary/aromatic N) is 2. The summed E-state index contributed by atoms with van der Waals surface area (Å²) in [5.41, 5.74) is 2.13. The molecule has 34 heavy (non-hydrogen) atoms. The van der Waals surface area contributed by atoms with E-state index >= 15 is 0 Å². The topological polar surface area (TPSA) is 76.0 Å². The average molecular weight is 479 g/mol. The molecule has 1 aromatic heterocycles. The molecule has 0 aliphatic carbocycles. The normalized spacial score (nSPS) is 10.6. The molecule has 3 aromatic carbocycles. The van der Waals surface area contributed by atoms with Crippen LogP contribution in [0.25, 0.3) is 5.69 Å². The standard InChI is InChI=1S/C25H20F2N4O2S/c26-19-7-9-20(10-8-19)30-23(32)16-34-25-28-13-14-31(25)21-11-5-17(6-12-21)24(33)29-15-18-3-1-2-4-22(18)27/h1-14H,15-16H2,(H,29,33)(H,30,32). The summed E-state index contributed by atoms with van der Waals surface area (Å²) in [5, 5.41) is 6.02. The van der Waals surface area contributed by atoms with Crippen molar-refractivity contribution in [3.05, 3.63) is 108 Å². The number of aromatic nitrogens is 2. The third-order valence-electron chi connectivity index (χ3n) is 4.87. The number of carbonyl (C=O) groups excluding carboxylic acids is 2. The van der Waals surface area contributed by atoms with Gasteiger partial charge in [0, 0.05) is 41.4 Å². The molecule has 6 nitrogen and oxygen atoms in total. The Morgan fingerprint density at radius 1 is 0.941 bits per heavy atom. The van der Waals surface area contributed by atoms with Crippen molar-refractivity contribution >= 4 is 29.3 Å². The number of halogens is 2. The largest absolute Gasteiger partial charge is 0.348 e. The van der Waals surface area contributed by atoms with Gasteiger partial charge in [-0.1, -0.05) is 30.0 Å². The van der Waals surface area contributed by atoms with E-state index < -0.39 is 0 Å². The molecule has 4 aromatic rings. The van der Waals surface area contributed by atoms with Gasteiger partial charge in [0.25, 0.3) is 5.91 Å². The molecule has 0 aliphatic rings. The third kappa shape index (κ3) is 5.87. The summed E-state index contributed by atoms with van der Waals surface area (Å²) in [7, 11) is 0. The zero-order valence-electron chi connectivity index (χ0n) is 17.9. The van der Waals surface area contributed by atoms with Gasteiger partial charge in [0.1, 0.15) is 11.6 Å². The van der Waals surface area contributed by atoms with E-state index in [0.717, 1.165) is 5.69 Å². The number of thioether (sulfide) groups is 1. The lowest BCUT2D eigenvalue weighted by Crippen LogP contribution is -2.23. The Balaban J connectivity index is 1.34. The molecule has 0 saturated heterocycles. The first-order valence-corrected chi connectivity index (χ1v) is 11.3. The molecule has 172 valence electrons. The number of rotatable bonds is 8. The fourth-order valence-electron chi connectivity index (χ4n) is 3.15. The number of nitrogens with one attached hydrogen (secondary N) is 2. The van der Waals surface area contributed by atoms with Gasteiger partial charge in [0.15, 0.2) is 5.16 Å². The highest BCUT2D eigenvalue weighted by molar-refractivity contribution is 7.99. The van der Waals surface area contributed by atoms with Gasteiger partial charge in [-0.25, -0.2) is 13.8 Å². The maximum Gasteiger partial charge on any atom is 0.251 e. The average Bonchev–Trinajstić information content (AvgIpc) is 3.32. The fraction of sp³-hybridized carbons (Fsp3) is 0.0800. The van der Waals surface area contributed by atoms with Gasteiger partial charge in [-0.3, -0.25) is 14.2 Å². The second kappa shape index (κ2) is 10.8.